The van der Waals surface area contributed by atoms with Crippen molar-refractivity contribution >= 4 is 0 Å². The smallest absolute Gasteiger partial charge is 0.0925 e. The summed E-state index contributed by atoms with van der Waals surface area (Å²) in [6, 6.07) is 10.8. The summed E-state index contributed by atoms with van der Waals surface area (Å²) in [5.74, 6) is 0.813. The van der Waals surface area contributed by atoms with Crippen LogP contribution in [-0.4, -0.2) is 45.9 Å². The van der Waals surface area contributed by atoms with Gasteiger partial charge in [-0.05, 0) is 24.4 Å². The Hall–Kier alpha value is -1.65. The number of nitrogens with one attached hydrogen (secondary N) is 1. The van der Waals surface area contributed by atoms with Gasteiger partial charge < -0.3 is 4.98 Å². The van der Waals surface area contributed by atoms with Gasteiger partial charge in [0.15, 0.2) is 0 Å². The number of imidazole rings is 1. The molecule has 0 amide bonds. The van der Waals surface area contributed by atoms with E-state index in [1.807, 2.05) is 6.33 Å². The van der Waals surface area contributed by atoms with Crippen LogP contribution in [0, 0.1) is 5.92 Å². The standard InChI is InChI=1S/C18H24N4/c1-2-4-15(5-3-1)10-21-8-6-16(11-21)12-22-9-7-17-18(13-22)20-14-19-17/h1-5,14,16H,6-13H2,(H,19,20)/t16-/m1/s1. The lowest BCUT2D eigenvalue weighted by atomic mass is 10.1. The molecular weight excluding hydrogens is 272 g/mol. The summed E-state index contributed by atoms with van der Waals surface area (Å²) in [6.07, 6.45) is 4.27. The normalized spacial score (nSPS) is 22.8. The molecule has 1 fully saturated rings. The molecule has 2 aromatic rings. The van der Waals surface area contributed by atoms with E-state index in [9.17, 15) is 0 Å². The van der Waals surface area contributed by atoms with Gasteiger partial charge in [0, 0.05) is 39.1 Å². The summed E-state index contributed by atoms with van der Waals surface area (Å²) in [5.41, 5.74) is 4.03. The highest BCUT2D eigenvalue weighted by Gasteiger charge is 2.26. The van der Waals surface area contributed by atoms with Crippen LogP contribution in [0.5, 0.6) is 0 Å². The van der Waals surface area contributed by atoms with Crippen LogP contribution < -0.4 is 0 Å². The number of hydrogen-bond acceptors (Lipinski definition) is 3. The zero-order chi connectivity index (χ0) is 14.8. The molecule has 0 bridgehead atoms. The number of nitrogens with zero attached hydrogens (tertiary/aromatic N) is 3. The maximum Gasteiger partial charge on any atom is 0.0925 e. The van der Waals surface area contributed by atoms with Crippen LogP contribution in [0.3, 0.4) is 0 Å². The maximum atomic E-state index is 4.39. The second kappa shape index (κ2) is 6.23. The molecule has 1 aromatic heterocycles. The minimum absolute atomic E-state index is 0.813. The fourth-order valence-corrected chi connectivity index (χ4v) is 3.84. The Morgan fingerprint density at radius 3 is 2.95 bits per heavy atom. The Bertz CT molecular complexity index is 607. The Labute approximate surface area is 132 Å². The van der Waals surface area contributed by atoms with Crippen LogP contribution in [0.15, 0.2) is 36.7 Å². The largest absolute Gasteiger partial charge is 0.347 e. The Balaban J connectivity index is 1.29. The summed E-state index contributed by atoms with van der Waals surface area (Å²) >= 11 is 0. The van der Waals surface area contributed by atoms with Gasteiger partial charge in [-0.2, -0.15) is 0 Å². The highest BCUT2D eigenvalue weighted by molar-refractivity contribution is 5.15. The molecule has 1 saturated heterocycles. The number of aromatic nitrogens is 2. The molecule has 2 aliphatic rings. The highest BCUT2D eigenvalue weighted by Crippen LogP contribution is 2.22. The second-order valence-electron chi connectivity index (χ2n) is 6.69. The lowest BCUT2D eigenvalue weighted by Gasteiger charge is -2.28. The first-order valence-corrected chi connectivity index (χ1v) is 8.36. The van der Waals surface area contributed by atoms with Crippen LogP contribution in [0.2, 0.25) is 0 Å². The van der Waals surface area contributed by atoms with E-state index in [-0.39, 0.29) is 0 Å². The van der Waals surface area contributed by atoms with Crippen molar-refractivity contribution in [3.63, 3.8) is 0 Å². The van der Waals surface area contributed by atoms with Crippen molar-refractivity contribution in [2.24, 2.45) is 5.92 Å². The first-order chi connectivity index (χ1) is 10.9. The van der Waals surface area contributed by atoms with Crippen molar-refractivity contribution < 1.29 is 0 Å². The molecular formula is C18H24N4. The van der Waals surface area contributed by atoms with E-state index in [2.05, 4.69) is 50.1 Å². The molecule has 4 nitrogen and oxygen atoms in total. The molecule has 1 N–H and O–H groups in total. The summed E-state index contributed by atoms with van der Waals surface area (Å²) in [5, 5.41) is 0. The predicted molar refractivity (Wildman–Crippen MR) is 87.4 cm³/mol. The van der Waals surface area contributed by atoms with Crippen molar-refractivity contribution in [2.75, 3.05) is 26.2 Å². The monoisotopic (exact) mass is 296 g/mol. The van der Waals surface area contributed by atoms with E-state index in [1.54, 1.807) is 0 Å². The van der Waals surface area contributed by atoms with Gasteiger partial charge in [-0.25, -0.2) is 4.98 Å². The minimum atomic E-state index is 0.813. The molecule has 0 saturated carbocycles. The fraction of sp³-hybridized carbons (Fsp3) is 0.500. The molecule has 0 spiro atoms. The average molecular weight is 296 g/mol. The molecule has 4 heteroatoms. The zero-order valence-electron chi connectivity index (χ0n) is 13.0. The molecule has 116 valence electrons. The molecule has 4 rings (SSSR count). The van der Waals surface area contributed by atoms with Crippen molar-refractivity contribution in [2.45, 2.75) is 25.9 Å². The second-order valence-corrected chi connectivity index (χ2v) is 6.69. The average Bonchev–Trinajstić information content (AvgIpc) is 3.17. The van der Waals surface area contributed by atoms with Crippen molar-refractivity contribution in [1.82, 2.24) is 19.8 Å². The van der Waals surface area contributed by atoms with Gasteiger partial charge in [-0.3, -0.25) is 9.80 Å². The third-order valence-corrected chi connectivity index (χ3v) is 4.99. The quantitative estimate of drug-likeness (QED) is 0.940. The van der Waals surface area contributed by atoms with Crippen LogP contribution in [0.4, 0.5) is 0 Å². The SMILES string of the molecule is c1ccc(CN2CC[C@@H](CN3CCc4nc[nH]c4C3)C2)cc1. The van der Waals surface area contributed by atoms with Gasteiger partial charge in [0.05, 0.1) is 17.7 Å². The molecule has 1 aromatic carbocycles. The first kappa shape index (κ1) is 14.0. The number of rotatable bonds is 4. The van der Waals surface area contributed by atoms with Gasteiger partial charge >= 0.3 is 0 Å². The van der Waals surface area contributed by atoms with E-state index in [0.717, 1.165) is 32.0 Å². The molecule has 2 aliphatic heterocycles. The van der Waals surface area contributed by atoms with Gasteiger partial charge in [0.2, 0.25) is 0 Å². The lowest BCUT2D eigenvalue weighted by molar-refractivity contribution is 0.206. The number of fused-ring (bicyclic) bond motifs is 1. The third-order valence-electron chi connectivity index (χ3n) is 4.99. The number of hydrogen-bond donors (Lipinski definition) is 1. The van der Waals surface area contributed by atoms with E-state index in [4.69, 9.17) is 0 Å². The van der Waals surface area contributed by atoms with E-state index >= 15 is 0 Å². The Morgan fingerprint density at radius 2 is 2.05 bits per heavy atom. The van der Waals surface area contributed by atoms with Gasteiger partial charge in [-0.1, -0.05) is 30.3 Å². The molecule has 1 atom stereocenters. The van der Waals surface area contributed by atoms with Gasteiger partial charge in [-0.15, -0.1) is 0 Å². The minimum Gasteiger partial charge on any atom is -0.347 e. The molecule has 0 aliphatic carbocycles. The van der Waals surface area contributed by atoms with Gasteiger partial charge in [0.1, 0.15) is 0 Å². The maximum absolute atomic E-state index is 4.39. The molecule has 0 radical (unpaired) electrons. The summed E-state index contributed by atoms with van der Waals surface area (Å²) in [7, 11) is 0. The van der Waals surface area contributed by atoms with Gasteiger partial charge in [0.25, 0.3) is 0 Å². The number of benzene rings is 1. The van der Waals surface area contributed by atoms with E-state index < -0.39 is 0 Å². The summed E-state index contributed by atoms with van der Waals surface area (Å²) in [4.78, 5) is 12.9. The number of likely N-dealkylation sites (tertiary alicyclic amines) is 1. The molecule has 0 unspecified atom stereocenters. The van der Waals surface area contributed by atoms with Crippen LogP contribution in [0.25, 0.3) is 0 Å². The Kier molecular flexibility index (Phi) is 3.95. The predicted octanol–water partition coefficient (Wildman–Crippen LogP) is 2.29. The zero-order valence-corrected chi connectivity index (χ0v) is 13.0. The first-order valence-electron chi connectivity index (χ1n) is 8.36. The Morgan fingerprint density at radius 1 is 1.14 bits per heavy atom. The number of aromatic amines is 1. The van der Waals surface area contributed by atoms with Crippen LogP contribution in [0.1, 0.15) is 23.4 Å². The third kappa shape index (κ3) is 3.08. The van der Waals surface area contributed by atoms with Crippen LogP contribution in [-0.2, 0) is 19.5 Å². The molecule has 3 heterocycles. The fourth-order valence-electron chi connectivity index (χ4n) is 3.84. The molecule has 22 heavy (non-hydrogen) atoms. The number of H-pyrrole nitrogens is 1. The van der Waals surface area contributed by atoms with Crippen molar-refractivity contribution in [1.29, 1.82) is 0 Å². The van der Waals surface area contributed by atoms with E-state index in [1.165, 1.54) is 43.0 Å². The highest BCUT2D eigenvalue weighted by atomic mass is 15.2. The summed E-state index contributed by atoms with van der Waals surface area (Å²) < 4.78 is 0. The van der Waals surface area contributed by atoms with Crippen LogP contribution >= 0.6 is 0 Å². The topological polar surface area (TPSA) is 35.2 Å². The van der Waals surface area contributed by atoms with E-state index in [0.29, 0.717) is 0 Å². The van der Waals surface area contributed by atoms with Crippen molar-refractivity contribution in [3.05, 3.63) is 53.6 Å². The van der Waals surface area contributed by atoms with Crippen molar-refractivity contribution in [3.8, 4) is 0 Å². The summed E-state index contributed by atoms with van der Waals surface area (Å²) in [6.45, 7) is 7.01. The lowest BCUT2D eigenvalue weighted by Crippen LogP contribution is -2.35.